The van der Waals surface area contributed by atoms with Crippen LogP contribution in [0, 0.1) is 0 Å². The average Bonchev–Trinajstić information content (AvgIpc) is 2.46. The minimum Gasteiger partial charge on any atom is -0.397 e. The van der Waals surface area contributed by atoms with Crippen molar-refractivity contribution in [3.63, 3.8) is 0 Å². The number of benzene rings is 1. The van der Waals surface area contributed by atoms with Crippen molar-refractivity contribution in [3.8, 4) is 0 Å². The van der Waals surface area contributed by atoms with Crippen molar-refractivity contribution in [3.05, 3.63) is 23.8 Å². The molecule has 1 aromatic rings. The van der Waals surface area contributed by atoms with Gasteiger partial charge in [-0.25, -0.2) is 0 Å². The van der Waals surface area contributed by atoms with Crippen LogP contribution in [0.4, 0.5) is 11.4 Å². The summed E-state index contributed by atoms with van der Waals surface area (Å²) in [5.41, 5.74) is 8.06. The molecule has 118 valence electrons. The number of anilines is 2. The molecule has 1 rings (SSSR count). The first-order valence-corrected chi connectivity index (χ1v) is 7.44. The maximum absolute atomic E-state index is 12.7. The molecular weight excluding hydrogens is 266 g/mol. The maximum atomic E-state index is 12.7. The van der Waals surface area contributed by atoms with E-state index in [9.17, 15) is 9.90 Å². The molecule has 5 nitrogen and oxygen atoms in total. The van der Waals surface area contributed by atoms with E-state index in [1.54, 1.807) is 17.0 Å². The van der Waals surface area contributed by atoms with Crippen molar-refractivity contribution in [2.45, 2.75) is 32.7 Å². The van der Waals surface area contributed by atoms with Gasteiger partial charge in [0.05, 0.1) is 18.0 Å². The third-order valence-corrected chi connectivity index (χ3v) is 3.74. The molecule has 3 N–H and O–H groups in total. The second-order valence-corrected chi connectivity index (χ2v) is 5.36. The summed E-state index contributed by atoms with van der Waals surface area (Å²) in [6.45, 7) is 4.42. The Kier molecular flexibility index (Phi) is 6.49. The van der Waals surface area contributed by atoms with Gasteiger partial charge in [-0.1, -0.05) is 13.8 Å². The summed E-state index contributed by atoms with van der Waals surface area (Å²) >= 11 is 0. The fraction of sp³-hybridized carbons (Fsp3) is 0.562. The Labute approximate surface area is 127 Å². The number of nitrogens with two attached hydrogens (primary N) is 1. The molecule has 0 spiro atoms. The number of rotatable bonds is 7. The van der Waals surface area contributed by atoms with Gasteiger partial charge in [-0.15, -0.1) is 0 Å². The molecule has 5 heteroatoms. The van der Waals surface area contributed by atoms with Gasteiger partial charge < -0.3 is 20.6 Å². The molecule has 0 unspecified atom stereocenters. The molecule has 0 saturated carbocycles. The number of nitrogens with zero attached hydrogens (tertiary/aromatic N) is 2. The molecule has 0 aliphatic rings. The normalized spacial score (nSPS) is 10.8. The van der Waals surface area contributed by atoms with E-state index in [0.717, 1.165) is 18.5 Å². The highest BCUT2D eigenvalue weighted by Gasteiger charge is 2.22. The summed E-state index contributed by atoms with van der Waals surface area (Å²) in [4.78, 5) is 16.3. The van der Waals surface area contributed by atoms with E-state index in [-0.39, 0.29) is 18.6 Å². The van der Waals surface area contributed by atoms with Crippen LogP contribution in [-0.2, 0) is 0 Å². The Morgan fingerprint density at radius 3 is 2.33 bits per heavy atom. The van der Waals surface area contributed by atoms with Crippen LogP contribution >= 0.6 is 0 Å². The largest absolute Gasteiger partial charge is 0.397 e. The van der Waals surface area contributed by atoms with Crippen LogP contribution in [-0.4, -0.2) is 49.2 Å². The summed E-state index contributed by atoms with van der Waals surface area (Å²) in [6, 6.07) is 5.50. The number of nitrogen functional groups attached to an aromatic ring is 1. The first-order chi connectivity index (χ1) is 9.96. The minimum atomic E-state index is -0.0743. The fourth-order valence-electron chi connectivity index (χ4n) is 2.55. The Morgan fingerprint density at radius 1 is 1.29 bits per heavy atom. The lowest BCUT2D eigenvalue weighted by atomic mass is 10.1. The zero-order valence-electron chi connectivity index (χ0n) is 13.5. The van der Waals surface area contributed by atoms with E-state index in [2.05, 4.69) is 13.8 Å². The maximum Gasteiger partial charge on any atom is 0.254 e. The Bertz CT molecular complexity index is 471. The van der Waals surface area contributed by atoms with Crippen molar-refractivity contribution in [2.75, 3.05) is 37.9 Å². The minimum absolute atomic E-state index is 0.0342. The van der Waals surface area contributed by atoms with Crippen molar-refractivity contribution in [1.29, 1.82) is 0 Å². The summed E-state index contributed by atoms with van der Waals surface area (Å²) in [6.07, 6.45) is 1.74. The molecule has 0 aromatic heterocycles. The number of amides is 1. The monoisotopic (exact) mass is 293 g/mol. The smallest absolute Gasteiger partial charge is 0.254 e. The van der Waals surface area contributed by atoms with Gasteiger partial charge in [0.15, 0.2) is 0 Å². The number of carbonyl (C=O) groups excluding carboxylic acids is 1. The molecule has 0 heterocycles. The highest BCUT2D eigenvalue weighted by Crippen LogP contribution is 2.24. The molecule has 1 aromatic carbocycles. The summed E-state index contributed by atoms with van der Waals surface area (Å²) in [5.74, 6) is -0.0743. The van der Waals surface area contributed by atoms with Gasteiger partial charge in [-0.2, -0.15) is 0 Å². The molecular formula is C16H27N3O2. The lowest BCUT2D eigenvalue weighted by Gasteiger charge is -2.30. The van der Waals surface area contributed by atoms with Gasteiger partial charge in [0.2, 0.25) is 0 Å². The number of aliphatic hydroxyl groups excluding tert-OH is 1. The summed E-state index contributed by atoms with van der Waals surface area (Å²) in [5, 5.41) is 9.22. The number of aliphatic hydroxyl groups is 1. The Morgan fingerprint density at radius 2 is 1.90 bits per heavy atom. The van der Waals surface area contributed by atoms with E-state index in [1.807, 2.05) is 25.1 Å². The number of hydrogen-bond acceptors (Lipinski definition) is 4. The second kappa shape index (κ2) is 7.88. The fourth-order valence-corrected chi connectivity index (χ4v) is 2.55. The Hall–Kier alpha value is -1.75. The van der Waals surface area contributed by atoms with E-state index in [0.29, 0.717) is 17.8 Å². The third kappa shape index (κ3) is 4.11. The molecule has 0 saturated heterocycles. The van der Waals surface area contributed by atoms with Crippen molar-refractivity contribution < 1.29 is 9.90 Å². The van der Waals surface area contributed by atoms with Crippen molar-refractivity contribution in [2.24, 2.45) is 0 Å². The zero-order valence-corrected chi connectivity index (χ0v) is 13.5. The summed E-state index contributed by atoms with van der Waals surface area (Å²) < 4.78 is 0. The topological polar surface area (TPSA) is 69.8 Å². The van der Waals surface area contributed by atoms with Gasteiger partial charge in [0.25, 0.3) is 5.91 Å². The van der Waals surface area contributed by atoms with Gasteiger partial charge in [-0.3, -0.25) is 4.79 Å². The standard InChI is InChI=1S/C16H27N3O2/c1-5-13(6-2)19(9-10-20)16(21)12-7-8-15(18(3)4)14(17)11-12/h7-8,11,13,20H,5-6,9-10,17H2,1-4H3. The first kappa shape index (κ1) is 17.3. The molecule has 0 atom stereocenters. The molecule has 0 bridgehead atoms. The van der Waals surface area contributed by atoms with E-state index in [4.69, 9.17) is 5.73 Å². The van der Waals surface area contributed by atoms with Gasteiger partial charge in [0, 0.05) is 32.2 Å². The predicted octanol–water partition coefficient (Wildman–Crippen LogP) is 1.96. The van der Waals surface area contributed by atoms with Crippen LogP contribution in [0.2, 0.25) is 0 Å². The van der Waals surface area contributed by atoms with Crippen LogP contribution < -0.4 is 10.6 Å². The van der Waals surface area contributed by atoms with Crippen LogP contribution in [0.25, 0.3) is 0 Å². The number of carbonyl (C=O) groups is 1. The SMILES string of the molecule is CCC(CC)N(CCO)C(=O)c1ccc(N(C)C)c(N)c1. The third-order valence-electron chi connectivity index (χ3n) is 3.74. The van der Waals surface area contributed by atoms with Crippen LogP contribution in [0.3, 0.4) is 0 Å². The highest BCUT2D eigenvalue weighted by atomic mass is 16.3. The summed E-state index contributed by atoms with van der Waals surface area (Å²) in [7, 11) is 3.82. The van der Waals surface area contributed by atoms with Crippen molar-refractivity contribution >= 4 is 17.3 Å². The quantitative estimate of drug-likeness (QED) is 0.754. The molecule has 0 aliphatic heterocycles. The van der Waals surface area contributed by atoms with Gasteiger partial charge >= 0.3 is 0 Å². The lowest BCUT2D eigenvalue weighted by molar-refractivity contribution is 0.0622. The molecule has 1 amide bonds. The molecule has 0 fully saturated rings. The molecule has 0 aliphatic carbocycles. The lowest BCUT2D eigenvalue weighted by Crippen LogP contribution is -2.41. The van der Waals surface area contributed by atoms with E-state index >= 15 is 0 Å². The van der Waals surface area contributed by atoms with Gasteiger partial charge in [0.1, 0.15) is 0 Å². The highest BCUT2D eigenvalue weighted by molar-refractivity contribution is 5.96. The predicted molar refractivity (Wildman–Crippen MR) is 87.7 cm³/mol. The average molecular weight is 293 g/mol. The van der Waals surface area contributed by atoms with Crippen LogP contribution in [0.5, 0.6) is 0 Å². The number of hydrogen-bond donors (Lipinski definition) is 2. The zero-order chi connectivity index (χ0) is 16.0. The van der Waals surface area contributed by atoms with E-state index in [1.165, 1.54) is 0 Å². The molecule has 0 radical (unpaired) electrons. The Balaban J connectivity index is 3.06. The van der Waals surface area contributed by atoms with E-state index < -0.39 is 0 Å². The first-order valence-electron chi connectivity index (χ1n) is 7.44. The van der Waals surface area contributed by atoms with Crippen LogP contribution in [0.15, 0.2) is 18.2 Å². The molecule has 21 heavy (non-hydrogen) atoms. The van der Waals surface area contributed by atoms with Crippen molar-refractivity contribution in [1.82, 2.24) is 4.90 Å². The van der Waals surface area contributed by atoms with Gasteiger partial charge in [-0.05, 0) is 31.0 Å². The second-order valence-electron chi connectivity index (χ2n) is 5.36. The van der Waals surface area contributed by atoms with Crippen LogP contribution in [0.1, 0.15) is 37.0 Å².